The van der Waals surface area contributed by atoms with Gasteiger partial charge in [0, 0.05) is 29.9 Å². The molecular formula is C15H24N2. The Labute approximate surface area is 105 Å². The van der Waals surface area contributed by atoms with E-state index >= 15 is 0 Å². The molecule has 2 rings (SSSR count). The second-order valence-corrected chi connectivity index (χ2v) is 6.31. The molecule has 2 atom stereocenters. The summed E-state index contributed by atoms with van der Waals surface area (Å²) in [4.78, 5) is 4.28. The highest BCUT2D eigenvalue weighted by Crippen LogP contribution is 2.55. The van der Waals surface area contributed by atoms with Gasteiger partial charge < -0.3 is 5.32 Å². The van der Waals surface area contributed by atoms with Crippen LogP contribution in [0.1, 0.15) is 46.1 Å². The van der Waals surface area contributed by atoms with Crippen molar-refractivity contribution < 1.29 is 0 Å². The van der Waals surface area contributed by atoms with E-state index in [1.54, 1.807) is 0 Å². The number of hydrogen-bond donors (Lipinski definition) is 1. The molecule has 0 aromatic carbocycles. The zero-order valence-corrected chi connectivity index (χ0v) is 11.5. The van der Waals surface area contributed by atoms with Gasteiger partial charge in [0.1, 0.15) is 0 Å². The van der Waals surface area contributed by atoms with Gasteiger partial charge in [-0.3, -0.25) is 4.98 Å². The standard InChI is InChI=1S/C15H24N2/c1-5-12-9-15(12,11-17-14(2,3)4)13-7-6-8-16-10-13/h6-8,10,12,17H,5,9,11H2,1-4H3. The first-order chi connectivity index (χ1) is 7.98. The zero-order valence-electron chi connectivity index (χ0n) is 11.5. The maximum absolute atomic E-state index is 4.28. The molecule has 17 heavy (non-hydrogen) atoms. The predicted octanol–water partition coefficient (Wildman–Crippen LogP) is 3.14. The third-order valence-corrected chi connectivity index (χ3v) is 3.90. The fraction of sp³-hybridized carbons (Fsp3) is 0.667. The normalized spacial score (nSPS) is 28.1. The molecule has 1 aliphatic rings. The van der Waals surface area contributed by atoms with Crippen LogP contribution < -0.4 is 5.32 Å². The van der Waals surface area contributed by atoms with Crippen LogP contribution in [0.4, 0.5) is 0 Å². The lowest BCUT2D eigenvalue weighted by Crippen LogP contribution is -2.41. The summed E-state index contributed by atoms with van der Waals surface area (Å²) in [6.07, 6.45) is 6.47. The number of nitrogens with zero attached hydrogens (tertiary/aromatic N) is 1. The van der Waals surface area contributed by atoms with Gasteiger partial charge in [0.05, 0.1) is 0 Å². The second kappa shape index (κ2) is 4.41. The molecule has 0 amide bonds. The number of pyridine rings is 1. The molecule has 0 saturated heterocycles. The number of hydrogen-bond acceptors (Lipinski definition) is 2. The highest BCUT2D eigenvalue weighted by atomic mass is 15.0. The van der Waals surface area contributed by atoms with Crippen LogP contribution >= 0.6 is 0 Å². The van der Waals surface area contributed by atoms with Crippen LogP contribution in [0, 0.1) is 5.92 Å². The minimum absolute atomic E-state index is 0.191. The average molecular weight is 232 g/mol. The Morgan fingerprint density at radius 2 is 2.24 bits per heavy atom. The molecule has 1 aliphatic carbocycles. The predicted molar refractivity (Wildman–Crippen MR) is 72.1 cm³/mol. The van der Waals surface area contributed by atoms with Crippen LogP contribution in [0.2, 0.25) is 0 Å². The van der Waals surface area contributed by atoms with Gasteiger partial charge >= 0.3 is 0 Å². The van der Waals surface area contributed by atoms with Crippen LogP contribution in [0.5, 0.6) is 0 Å². The monoisotopic (exact) mass is 232 g/mol. The molecule has 2 unspecified atom stereocenters. The van der Waals surface area contributed by atoms with Gasteiger partial charge in [-0.1, -0.05) is 19.4 Å². The smallest absolute Gasteiger partial charge is 0.0306 e. The Kier molecular flexibility index (Phi) is 3.26. The van der Waals surface area contributed by atoms with E-state index in [0.29, 0.717) is 5.41 Å². The Hall–Kier alpha value is -0.890. The number of rotatable bonds is 4. The van der Waals surface area contributed by atoms with E-state index in [1.165, 1.54) is 18.4 Å². The summed E-state index contributed by atoms with van der Waals surface area (Å²) in [5.74, 6) is 0.821. The van der Waals surface area contributed by atoms with Crippen LogP contribution in [0.15, 0.2) is 24.5 Å². The summed E-state index contributed by atoms with van der Waals surface area (Å²) in [6.45, 7) is 10.1. The molecule has 2 heteroatoms. The topological polar surface area (TPSA) is 24.9 Å². The Bertz CT molecular complexity index is 366. The molecule has 2 nitrogen and oxygen atoms in total. The van der Waals surface area contributed by atoms with Gasteiger partial charge in [-0.25, -0.2) is 0 Å². The molecular weight excluding hydrogens is 208 g/mol. The minimum atomic E-state index is 0.191. The first kappa shape index (κ1) is 12.6. The molecule has 0 spiro atoms. The molecule has 1 aromatic heterocycles. The molecule has 0 aliphatic heterocycles. The molecule has 1 saturated carbocycles. The van der Waals surface area contributed by atoms with Gasteiger partial charge in [-0.2, -0.15) is 0 Å². The fourth-order valence-electron chi connectivity index (χ4n) is 2.67. The van der Waals surface area contributed by atoms with Gasteiger partial charge in [-0.15, -0.1) is 0 Å². The lowest BCUT2D eigenvalue weighted by molar-refractivity contribution is 0.388. The van der Waals surface area contributed by atoms with Crippen molar-refractivity contribution in [1.29, 1.82) is 0 Å². The highest BCUT2D eigenvalue weighted by molar-refractivity contribution is 5.32. The Morgan fingerprint density at radius 1 is 1.47 bits per heavy atom. The van der Waals surface area contributed by atoms with E-state index in [1.807, 2.05) is 12.4 Å². The van der Waals surface area contributed by atoms with Gasteiger partial charge in [0.2, 0.25) is 0 Å². The lowest BCUT2D eigenvalue weighted by atomic mass is 9.92. The first-order valence-corrected chi connectivity index (χ1v) is 6.63. The van der Waals surface area contributed by atoms with E-state index in [-0.39, 0.29) is 5.54 Å². The average Bonchev–Trinajstić information content (AvgIpc) is 3.02. The van der Waals surface area contributed by atoms with E-state index in [9.17, 15) is 0 Å². The van der Waals surface area contributed by atoms with Crippen molar-refractivity contribution in [3.8, 4) is 0 Å². The van der Waals surface area contributed by atoms with E-state index in [4.69, 9.17) is 0 Å². The Balaban J connectivity index is 2.13. The van der Waals surface area contributed by atoms with Gasteiger partial charge in [-0.05, 0) is 44.7 Å². The van der Waals surface area contributed by atoms with Crippen LogP contribution in [0.3, 0.4) is 0 Å². The molecule has 94 valence electrons. The van der Waals surface area contributed by atoms with E-state index in [0.717, 1.165) is 12.5 Å². The quantitative estimate of drug-likeness (QED) is 0.862. The van der Waals surface area contributed by atoms with Crippen molar-refractivity contribution in [2.45, 2.75) is 51.5 Å². The SMILES string of the molecule is CCC1CC1(CNC(C)(C)C)c1cccnc1. The largest absolute Gasteiger partial charge is 0.311 e. The summed E-state index contributed by atoms with van der Waals surface area (Å²) in [5.41, 5.74) is 1.94. The van der Waals surface area contributed by atoms with Crippen LogP contribution in [0.25, 0.3) is 0 Å². The third-order valence-electron chi connectivity index (χ3n) is 3.90. The van der Waals surface area contributed by atoms with E-state index in [2.05, 4.69) is 50.1 Å². The highest BCUT2D eigenvalue weighted by Gasteiger charge is 2.53. The minimum Gasteiger partial charge on any atom is -0.311 e. The fourth-order valence-corrected chi connectivity index (χ4v) is 2.67. The number of nitrogens with one attached hydrogen (secondary N) is 1. The second-order valence-electron chi connectivity index (χ2n) is 6.31. The molecule has 1 aromatic rings. The van der Waals surface area contributed by atoms with Crippen molar-refractivity contribution in [1.82, 2.24) is 10.3 Å². The number of aromatic nitrogens is 1. The Morgan fingerprint density at radius 3 is 2.71 bits per heavy atom. The molecule has 1 heterocycles. The lowest BCUT2D eigenvalue weighted by Gasteiger charge is -2.26. The van der Waals surface area contributed by atoms with Crippen LogP contribution in [-0.4, -0.2) is 17.1 Å². The third kappa shape index (κ3) is 2.68. The molecule has 1 fully saturated rings. The van der Waals surface area contributed by atoms with E-state index < -0.39 is 0 Å². The summed E-state index contributed by atoms with van der Waals surface area (Å²) in [6, 6.07) is 4.28. The van der Waals surface area contributed by atoms with Gasteiger partial charge in [0.25, 0.3) is 0 Å². The summed E-state index contributed by atoms with van der Waals surface area (Å²) in [7, 11) is 0. The summed E-state index contributed by atoms with van der Waals surface area (Å²) < 4.78 is 0. The summed E-state index contributed by atoms with van der Waals surface area (Å²) in [5, 5.41) is 3.66. The first-order valence-electron chi connectivity index (χ1n) is 6.63. The molecule has 1 N–H and O–H groups in total. The maximum Gasteiger partial charge on any atom is 0.0306 e. The van der Waals surface area contributed by atoms with Crippen LogP contribution in [-0.2, 0) is 5.41 Å². The molecule has 0 bridgehead atoms. The van der Waals surface area contributed by atoms with Crippen molar-refractivity contribution in [2.75, 3.05) is 6.54 Å². The summed E-state index contributed by atoms with van der Waals surface area (Å²) >= 11 is 0. The van der Waals surface area contributed by atoms with Gasteiger partial charge in [0.15, 0.2) is 0 Å². The van der Waals surface area contributed by atoms with Crippen molar-refractivity contribution in [3.05, 3.63) is 30.1 Å². The van der Waals surface area contributed by atoms with Crippen molar-refractivity contribution >= 4 is 0 Å². The van der Waals surface area contributed by atoms with Crippen molar-refractivity contribution in [2.24, 2.45) is 5.92 Å². The van der Waals surface area contributed by atoms with Crippen molar-refractivity contribution in [3.63, 3.8) is 0 Å². The molecule has 0 radical (unpaired) electrons. The maximum atomic E-state index is 4.28. The zero-order chi connectivity index (χ0) is 12.5.